The highest BCUT2D eigenvalue weighted by Gasteiger charge is 2.38. The van der Waals surface area contributed by atoms with Crippen molar-refractivity contribution in [2.45, 2.75) is 17.8 Å². The lowest BCUT2D eigenvalue weighted by Crippen LogP contribution is -2.49. The highest BCUT2D eigenvalue weighted by atomic mass is 35.5. The van der Waals surface area contributed by atoms with Gasteiger partial charge in [0.25, 0.3) is 0 Å². The molecule has 1 fully saturated rings. The molecular formula is C18H14ClFNO3S-. The molecule has 0 saturated carbocycles. The Labute approximate surface area is 153 Å². The van der Waals surface area contributed by atoms with E-state index < -0.39 is 17.4 Å². The summed E-state index contributed by atoms with van der Waals surface area (Å²) in [5.41, 5.74) is 1.42. The molecule has 130 valence electrons. The van der Waals surface area contributed by atoms with Gasteiger partial charge in [-0.05, 0) is 35.4 Å². The topological polar surface area (TPSA) is 60.4 Å². The van der Waals surface area contributed by atoms with Crippen LogP contribution >= 0.6 is 23.4 Å². The minimum atomic E-state index is -1.29. The number of benzene rings is 2. The molecular weight excluding hydrogens is 365 g/mol. The second-order valence-electron chi connectivity index (χ2n) is 5.68. The van der Waals surface area contributed by atoms with Crippen LogP contribution in [-0.4, -0.2) is 28.6 Å². The van der Waals surface area contributed by atoms with Crippen LogP contribution < -0.4 is 5.11 Å². The number of carboxylic acid groups (broad SMARTS) is 1. The van der Waals surface area contributed by atoms with Crippen LogP contribution in [0.4, 0.5) is 4.39 Å². The van der Waals surface area contributed by atoms with Crippen LogP contribution in [0.2, 0.25) is 5.02 Å². The van der Waals surface area contributed by atoms with Crippen molar-refractivity contribution in [1.29, 1.82) is 0 Å². The standard InChI is InChI=1S/C18H15ClFNO3S/c19-13-5-1-11(2-6-13)9-16(22)21-15(18(23)24)10-25-17(21)12-3-7-14(20)8-4-12/h1-8,15,17H,9-10H2,(H,23,24)/p-1/t15-,17-/m1/s1. The number of aliphatic carboxylic acids is 1. The molecule has 7 heteroatoms. The van der Waals surface area contributed by atoms with Gasteiger partial charge in [-0.2, -0.15) is 0 Å². The Bertz CT molecular complexity index is 782. The van der Waals surface area contributed by atoms with Crippen molar-refractivity contribution in [1.82, 2.24) is 4.90 Å². The highest BCUT2D eigenvalue weighted by Crippen LogP contribution is 2.41. The minimum absolute atomic E-state index is 0.0548. The molecule has 2 aromatic rings. The number of rotatable bonds is 4. The van der Waals surface area contributed by atoms with E-state index in [1.54, 1.807) is 36.4 Å². The number of hydrogen-bond acceptors (Lipinski definition) is 4. The van der Waals surface area contributed by atoms with Gasteiger partial charge in [0.05, 0.1) is 18.4 Å². The number of thioether (sulfide) groups is 1. The van der Waals surface area contributed by atoms with E-state index in [1.807, 2.05) is 0 Å². The quantitative estimate of drug-likeness (QED) is 0.819. The summed E-state index contributed by atoms with van der Waals surface area (Å²) in [5, 5.41) is 11.5. The van der Waals surface area contributed by atoms with Crippen molar-refractivity contribution in [3.05, 3.63) is 70.5 Å². The third-order valence-electron chi connectivity index (χ3n) is 3.98. The number of carboxylic acids is 1. The van der Waals surface area contributed by atoms with E-state index >= 15 is 0 Å². The molecule has 0 radical (unpaired) electrons. The molecule has 4 nitrogen and oxygen atoms in total. The molecule has 0 bridgehead atoms. The maximum atomic E-state index is 13.2. The summed E-state index contributed by atoms with van der Waals surface area (Å²) in [4.78, 5) is 25.5. The van der Waals surface area contributed by atoms with E-state index in [-0.39, 0.29) is 23.9 Å². The summed E-state index contributed by atoms with van der Waals surface area (Å²) >= 11 is 7.17. The smallest absolute Gasteiger partial charge is 0.228 e. The van der Waals surface area contributed by atoms with Crippen molar-refractivity contribution >= 4 is 35.2 Å². The third kappa shape index (κ3) is 3.96. The molecule has 0 aromatic heterocycles. The van der Waals surface area contributed by atoms with Gasteiger partial charge in [-0.25, -0.2) is 4.39 Å². The first-order valence-electron chi connectivity index (χ1n) is 7.59. The Morgan fingerprint density at radius 2 is 1.80 bits per heavy atom. The van der Waals surface area contributed by atoms with Crippen molar-refractivity contribution in [2.75, 3.05) is 5.75 Å². The van der Waals surface area contributed by atoms with Crippen LogP contribution in [0.1, 0.15) is 16.5 Å². The molecule has 3 rings (SSSR count). The lowest BCUT2D eigenvalue weighted by atomic mass is 10.1. The lowest BCUT2D eigenvalue weighted by molar-refractivity contribution is -0.310. The van der Waals surface area contributed by atoms with Crippen LogP contribution in [0, 0.1) is 5.82 Å². The SMILES string of the molecule is O=C([O-])[C@H]1CS[C@H](c2ccc(F)cc2)N1C(=O)Cc1ccc(Cl)cc1. The first-order valence-corrected chi connectivity index (χ1v) is 9.02. The summed E-state index contributed by atoms with van der Waals surface area (Å²) in [5.74, 6) is -1.77. The summed E-state index contributed by atoms with van der Waals surface area (Å²) < 4.78 is 13.2. The van der Waals surface area contributed by atoms with Crippen LogP contribution in [-0.2, 0) is 16.0 Å². The predicted molar refractivity (Wildman–Crippen MR) is 92.4 cm³/mol. The van der Waals surface area contributed by atoms with E-state index in [1.165, 1.54) is 28.8 Å². The summed E-state index contributed by atoms with van der Waals surface area (Å²) in [6, 6.07) is 11.5. The summed E-state index contributed by atoms with van der Waals surface area (Å²) in [6.45, 7) is 0. The van der Waals surface area contributed by atoms with E-state index in [0.29, 0.717) is 10.6 Å². The number of hydrogen-bond donors (Lipinski definition) is 0. The van der Waals surface area contributed by atoms with Crippen molar-refractivity contribution in [2.24, 2.45) is 0 Å². The van der Waals surface area contributed by atoms with E-state index in [4.69, 9.17) is 11.6 Å². The number of nitrogens with zero attached hydrogens (tertiary/aromatic N) is 1. The summed E-state index contributed by atoms with van der Waals surface area (Å²) in [7, 11) is 0. The van der Waals surface area contributed by atoms with E-state index in [2.05, 4.69) is 0 Å². The first kappa shape index (κ1) is 17.8. The second kappa shape index (κ2) is 7.45. The molecule has 0 unspecified atom stereocenters. The fourth-order valence-corrected chi connectivity index (χ4v) is 4.31. The molecule has 1 amide bonds. The molecule has 1 saturated heterocycles. The van der Waals surface area contributed by atoms with Gasteiger partial charge in [0, 0.05) is 10.8 Å². The molecule has 2 aromatic carbocycles. The van der Waals surface area contributed by atoms with Crippen LogP contribution in [0.3, 0.4) is 0 Å². The molecule has 2 atom stereocenters. The van der Waals surface area contributed by atoms with Gasteiger partial charge in [-0.3, -0.25) is 4.79 Å². The number of halogens is 2. The van der Waals surface area contributed by atoms with Gasteiger partial charge in [-0.1, -0.05) is 35.9 Å². The van der Waals surface area contributed by atoms with Crippen LogP contribution in [0.15, 0.2) is 48.5 Å². The Balaban J connectivity index is 1.86. The highest BCUT2D eigenvalue weighted by molar-refractivity contribution is 7.99. The fraction of sp³-hybridized carbons (Fsp3) is 0.222. The van der Waals surface area contributed by atoms with Gasteiger partial charge >= 0.3 is 0 Å². The van der Waals surface area contributed by atoms with Gasteiger partial charge in [-0.15, -0.1) is 11.8 Å². The predicted octanol–water partition coefficient (Wildman–Crippen LogP) is 2.41. The summed E-state index contributed by atoms with van der Waals surface area (Å²) in [6.07, 6.45) is 0.0548. The first-order chi connectivity index (χ1) is 12.0. The molecule has 0 spiro atoms. The average molecular weight is 379 g/mol. The van der Waals surface area contributed by atoms with Gasteiger partial charge in [0.1, 0.15) is 11.2 Å². The van der Waals surface area contributed by atoms with Gasteiger partial charge < -0.3 is 14.8 Å². The molecule has 1 heterocycles. The van der Waals surface area contributed by atoms with Crippen LogP contribution in [0.5, 0.6) is 0 Å². The Morgan fingerprint density at radius 1 is 1.16 bits per heavy atom. The van der Waals surface area contributed by atoms with Crippen molar-refractivity contribution < 1.29 is 19.1 Å². The third-order valence-corrected chi connectivity index (χ3v) is 5.56. The molecule has 25 heavy (non-hydrogen) atoms. The molecule has 1 aliphatic rings. The lowest BCUT2D eigenvalue weighted by Gasteiger charge is -2.30. The maximum absolute atomic E-state index is 13.2. The fourth-order valence-electron chi connectivity index (χ4n) is 2.74. The zero-order valence-corrected chi connectivity index (χ0v) is 14.6. The molecule has 1 aliphatic heterocycles. The Hall–Kier alpha value is -2.05. The number of carbonyl (C=O) groups excluding carboxylic acids is 2. The van der Waals surface area contributed by atoms with Crippen molar-refractivity contribution in [3.8, 4) is 0 Å². The Kier molecular flexibility index (Phi) is 5.30. The van der Waals surface area contributed by atoms with Gasteiger partial charge in [0.2, 0.25) is 5.91 Å². The second-order valence-corrected chi connectivity index (χ2v) is 7.23. The van der Waals surface area contributed by atoms with Crippen LogP contribution in [0.25, 0.3) is 0 Å². The Morgan fingerprint density at radius 3 is 2.40 bits per heavy atom. The monoisotopic (exact) mass is 378 g/mol. The van der Waals surface area contributed by atoms with Crippen molar-refractivity contribution in [3.63, 3.8) is 0 Å². The number of carbonyl (C=O) groups is 2. The maximum Gasteiger partial charge on any atom is 0.228 e. The van der Waals surface area contributed by atoms with E-state index in [9.17, 15) is 19.1 Å². The van der Waals surface area contributed by atoms with Gasteiger partial charge in [0.15, 0.2) is 0 Å². The van der Waals surface area contributed by atoms with E-state index in [0.717, 1.165) is 5.56 Å². The molecule has 0 N–H and O–H groups in total. The number of amides is 1. The zero-order valence-electron chi connectivity index (χ0n) is 13.0. The zero-order chi connectivity index (χ0) is 18.0. The normalized spacial score (nSPS) is 19.8. The minimum Gasteiger partial charge on any atom is -0.548 e. The average Bonchev–Trinajstić information content (AvgIpc) is 3.03. The molecule has 0 aliphatic carbocycles. The largest absolute Gasteiger partial charge is 0.548 e.